The third-order valence-electron chi connectivity index (χ3n) is 4.31. The molecule has 0 unspecified atom stereocenters. The highest BCUT2D eigenvalue weighted by atomic mass is 16.7. The van der Waals surface area contributed by atoms with E-state index in [0.717, 1.165) is 29.5 Å². The molecule has 4 heteroatoms. The zero-order valence-corrected chi connectivity index (χ0v) is 15.2. The summed E-state index contributed by atoms with van der Waals surface area (Å²) in [6, 6.07) is 17.6. The Hall–Kier alpha value is -2.59. The molecule has 2 aromatic rings. The number of ether oxygens (including phenoxy) is 3. The summed E-state index contributed by atoms with van der Waals surface area (Å²) >= 11 is 0. The minimum Gasteiger partial charge on any atom is -0.468 e. The molecule has 0 N–H and O–H groups in total. The van der Waals surface area contributed by atoms with Gasteiger partial charge >= 0.3 is 5.97 Å². The van der Waals surface area contributed by atoms with Gasteiger partial charge in [-0.2, -0.15) is 0 Å². The minimum atomic E-state index is -0.274. The molecule has 0 bridgehead atoms. The van der Waals surface area contributed by atoms with Crippen molar-refractivity contribution in [1.82, 2.24) is 0 Å². The average Bonchev–Trinajstić information content (AvgIpc) is 3.50. The summed E-state index contributed by atoms with van der Waals surface area (Å²) in [5.41, 5.74) is 3.66. The molecule has 0 aromatic heterocycles. The van der Waals surface area contributed by atoms with Gasteiger partial charge in [-0.1, -0.05) is 42.5 Å². The molecule has 0 aliphatic heterocycles. The highest BCUT2D eigenvalue weighted by molar-refractivity contribution is 6.25. The maximum Gasteiger partial charge on any atom is 0.339 e. The molecule has 3 rings (SSSR count). The molecule has 2 aromatic carbocycles. The Labute approximate surface area is 154 Å². The van der Waals surface area contributed by atoms with Gasteiger partial charge in [0, 0.05) is 7.11 Å². The van der Waals surface area contributed by atoms with Gasteiger partial charge in [-0.15, -0.1) is 0 Å². The van der Waals surface area contributed by atoms with Crippen molar-refractivity contribution in [1.29, 1.82) is 0 Å². The van der Waals surface area contributed by atoms with Gasteiger partial charge in [0.15, 0.2) is 6.79 Å². The van der Waals surface area contributed by atoms with Crippen LogP contribution in [0.15, 0.2) is 54.6 Å². The Morgan fingerprint density at radius 3 is 2.27 bits per heavy atom. The fourth-order valence-corrected chi connectivity index (χ4v) is 3.01. The molecule has 0 saturated heterocycles. The number of hydrogen-bond donors (Lipinski definition) is 0. The van der Waals surface area contributed by atoms with E-state index in [2.05, 4.69) is 12.1 Å². The first kappa shape index (κ1) is 18.2. The van der Waals surface area contributed by atoms with Gasteiger partial charge in [-0.05, 0) is 54.5 Å². The standard InChI is InChI=1S/C22H24O4/c1-3-25-22(23)21(18-11-13-19(14-12-18)26-15-24-2)20(17-9-10-17)16-7-5-4-6-8-16/h4-8,11-14,17H,3,9-10,15H2,1-2H3/b21-20-. The van der Waals surface area contributed by atoms with Crippen LogP contribution in [0, 0.1) is 5.92 Å². The molecule has 136 valence electrons. The molecular formula is C22H24O4. The molecule has 26 heavy (non-hydrogen) atoms. The number of benzene rings is 2. The van der Waals surface area contributed by atoms with Crippen LogP contribution in [0.4, 0.5) is 0 Å². The van der Waals surface area contributed by atoms with Crippen molar-refractivity contribution in [3.63, 3.8) is 0 Å². The Kier molecular flexibility index (Phi) is 6.08. The van der Waals surface area contributed by atoms with Crippen molar-refractivity contribution in [3.8, 4) is 5.75 Å². The molecular weight excluding hydrogens is 328 g/mol. The predicted molar refractivity (Wildman–Crippen MR) is 102 cm³/mol. The SMILES string of the molecule is CCOC(=O)/C(=C(/c1ccccc1)C1CC1)c1ccc(OCOC)cc1. The minimum absolute atomic E-state index is 0.192. The molecule has 0 heterocycles. The smallest absolute Gasteiger partial charge is 0.339 e. The zero-order valence-electron chi connectivity index (χ0n) is 15.2. The average molecular weight is 352 g/mol. The summed E-state index contributed by atoms with van der Waals surface area (Å²) < 4.78 is 15.8. The molecule has 1 aliphatic carbocycles. The first-order chi connectivity index (χ1) is 12.7. The normalized spacial score (nSPS) is 14.5. The van der Waals surface area contributed by atoms with E-state index in [9.17, 15) is 4.79 Å². The largest absolute Gasteiger partial charge is 0.468 e. The number of methoxy groups -OCH3 is 1. The van der Waals surface area contributed by atoms with Crippen LogP contribution < -0.4 is 4.74 Å². The lowest BCUT2D eigenvalue weighted by atomic mass is 9.91. The van der Waals surface area contributed by atoms with Gasteiger partial charge in [0.05, 0.1) is 12.2 Å². The lowest BCUT2D eigenvalue weighted by Crippen LogP contribution is -2.10. The van der Waals surface area contributed by atoms with E-state index in [1.807, 2.05) is 49.4 Å². The highest BCUT2D eigenvalue weighted by Gasteiger charge is 2.32. The maximum atomic E-state index is 12.8. The summed E-state index contributed by atoms with van der Waals surface area (Å²) in [4.78, 5) is 12.8. The summed E-state index contributed by atoms with van der Waals surface area (Å²) in [7, 11) is 1.58. The van der Waals surface area contributed by atoms with E-state index < -0.39 is 0 Å². The molecule has 1 saturated carbocycles. The number of rotatable bonds is 8. The summed E-state index contributed by atoms with van der Waals surface area (Å²) in [6.07, 6.45) is 2.20. The number of allylic oxidation sites excluding steroid dienone is 1. The monoisotopic (exact) mass is 352 g/mol. The fourth-order valence-electron chi connectivity index (χ4n) is 3.01. The van der Waals surface area contributed by atoms with E-state index in [1.165, 1.54) is 0 Å². The van der Waals surface area contributed by atoms with Crippen molar-refractivity contribution >= 4 is 17.1 Å². The number of hydrogen-bond acceptors (Lipinski definition) is 4. The van der Waals surface area contributed by atoms with Crippen LogP contribution in [-0.2, 0) is 14.3 Å². The Morgan fingerprint density at radius 2 is 1.69 bits per heavy atom. The topological polar surface area (TPSA) is 44.8 Å². The van der Waals surface area contributed by atoms with E-state index in [0.29, 0.717) is 23.8 Å². The lowest BCUT2D eigenvalue weighted by Gasteiger charge is -2.16. The maximum absolute atomic E-state index is 12.8. The summed E-state index contributed by atoms with van der Waals surface area (Å²) in [5, 5.41) is 0. The third kappa shape index (κ3) is 4.33. The third-order valence-corrected chi connectivity index (χ3v) is 4.31. The lowest BCUT2D eigenvalue weighted by molar-refractivity contribution is -0.136. The van der Waals surface area contributed by atoms with Gasteiger partial charge in [0.25, 0.3) is 0 Å². The Balaban J connectivity index is 2.05. The van der Waals surface area contributed by atoms with Crippen LogP contribution in [0.25, 0.3) is 11.1 Å². The van der Waals surface area contributed by atoms with Crippen molar-refractivity contribution in [2.75, 3.05) is 20.5 Å². The van der Waals surface area contributed by atoms with Crippen LogP contribution in [0.5, 0.6) is 5.75 Å². The second kappa shape index (κ2) is 8.68. The molecule has 0 radical (unpaired) electrons. The van der Waals surface area contributed by atoms with Crippen LogP contribution in [0.1, 0.15) is 30.9 Å². The first-order valence-corrected chi connectivity index (χ1v) is 8.93. The van der Waals surface area contributed by atoms with Gasteiger partial charge in [-0.25, -0.2) is 4.79 Å². The van der Waals surface area contributed by atoms with E-state index in [-0.39, 0.29) is 12.8 Å². The quantitative estimate of drug-likeness (QED) is 0.302. The van der Waals surface area contributed by atoms with Gasteiger partial charge < -0.3 is 14.2 Å². The van der Waals surface area contributed by atoms with Crippen LogP contribution in [-0.4, -0.2) is 26.5 Å². The Morgan fingerprint density at radius 1 is 1.00 bits per heavy atom. The van der Waals surface area contributed by atoms with Gasteiger partial charge in [0.2, 0.25) is 0 Å². The number of esters is 1. The van der Waals surface area contributed by atoms with Crippen LogP contribution in [0.3, 0.4) is 0 Å². The van der Waals surface area contributed by atoms with Crippen molar-refractivity contribution in [2.24, 2.45) is 5.92 Å². The molecule has 1 aliphatic rings. The second-order valence-electron chi connectivity index (χ2n) is 6.22. The molecule has 0 spiro atoms. The van der Waals surface area contributed by atoms with Crippen molar-refractivity contribution in [3.05, 3.63) is 65.7 Å². The van der Waals surface area contributed by atoms with Gasteiger partial charge in [0.1, 0.15) is 5.75 Å². The molecule has 0 amide bonds. The molecule has 4 nitrogen and oxygen atoms in total. The van der Waals surface area contributed by atoms with E-state index in [1.54, 1.807) is 7.11 Å². The van der Waals surface area contributed by atoms with Gasteiger partial charge in [-0.3, -0.25) is 0 Å². The predicted octanol–water partition coefficient (Wildman–Crippen LogP) is 4.55. The van der Waals surface area contributed by atoms with Crippen LogP contribution >= 0.6 is 0 Å². The summed E-state index contributed by atoms with van der Waals surface area (Å²) in [6.45, 7) is 2.37. The first-order valence-electron chi connectivity index (χ1n) is 8.93. The zero-order chi connectivity index (χ0) is 18.4. The summed E-state index contributed by atoms with van der Waals surface area (Å²) in [5.74, 6) is 0.830. The highest BCUT2D eigenvalue weighted by Crippen LogP contribution is 2.46. The Bertz CT molecular complexity index is 758. The molecule has 0 atom stereocenters. The van der Waals surface area contributed by atoms with Crippen molar-refractivity contribution < 1.29 is 19.0 Å². The van der Waals surface area contributed by atoms with E-state index >= 15 is 0 Å². The molecule has 1 fully saturated rings. The number of carbonyl (C=O) groups is 1. The fraction of sp³-hybridized carbons (Fsp3) is 0.318. The second-order valence-corrected chi connectivity index (χ2v) is 6.22. The van der Waals surface area contributed by atoms with Crippen LogP contribution in [0.2, 0.25) is 0 Å². The van der Waals surface area contributed by atoms with Crippen molar-refractivity contribution in [2.45, 2.75) is 19.8 Å². The number of carbonyl (C=O) groups excluding carboxylic acids is 1. The van der Waals surface area contributed by atoms with E-state index in [4.69, 9.17) is 14.2 Å².